The number of ether oxygens (including phenoxy) is 1. The summed E-state index contributed by atoms with van der Waals surface area (Å²) >= 11 is 5.81. The predicted octanol–water partition coefficient (Wildman–Crippen LogP) is 1.38. The molecule has 1 heterocycles. The quantitative estimate of drug-likeness (QED) is 0.712. The Hall–Kier alpha value is -0.870. The molecule has 0 spiro atoms. The second-order valence-electron chi connectivity index (χ2n) is 3.25. The highest BCUT2D eigenvalue weighted by Crippen LogP contribution is 2.19. The fraction of sp³-hybridized carbons (Fsp3) is 0.556. The van der Waals surface area contributed by atoms with Gasteiger partial charge in [0.05, 0.1) is 0 Å². The van der Waals surface area contributed by atoms with Gasteiger partial charge in [-0.2, -0.15) is 0 Å². The fourth-order valence-electron chi connectivity index (χ4n) is 0.884. The monoisotopic (exact) mass is 215 g/mol. The summed E-state index contributed by atoms with van der Waals surface area (Å²) in [6.45, 7) is 3.29. The first kappa shape index (κ1) is 11.2. The summed E-state index contributed by atoms with van der Waals surface area (Å²) in [5.74, 6) is 0.562. The molecule has 4 nitrogen and oxygen atoms in total. The van der Waals surface area contributed by atoms with Gasteiger partial charge in [-0.3, -0.25) is 0 Å². The Bertz CT molecular complexity index is 304. The van der Waals surface area contributed by atoms with E-state index in [0.29, 0.717) is 17.6 Å². The Balaban J connectivity index is 2.54. The largest absolute Gasteiger partial charge is 0.476 e. The van der Waals surface area contributed by atoms with E-state index in [0.717, 1.165) is 12.1 Å². The van der Waals surface area contributed by atoms with Crippen molar-refractivity contribution in [3.63, 3.8) is 0 Å². The molecule has 0 bridgehead atoms. The van der Waals surface area contributed by atoms with Gasteiger partial charge in [0, 0.05) is 12.1 Å². The fourth-order valence-corrected chi connectivity index (χ4v) is 1.01. The van der Waals surface area contributed by atoms with Gasteiger partial charge < -0.3 is 9.64 Å². The van der Waals surface area contributed by atoms with Gasteiger partial charge in [0.15, 0.2) is 0 Å². The molecule has 5 heteroatoms. The maximum atomic E-state index is 5.81. The zero-order valence-electron chi connectivity index (χ0n) is 8.62. The summed E-state index contributed by atoms with van der Waals surface area (Å²) in [5, 5.41) is 0.444. The second kappa shape index (κ2) is 5.12. The Morgan fingerprint density at radius 2 is 2.14 bits per heavy atom. The molecule has 0 aromatic carbocycles. The van der Waals surface area contributed by atoms with E-state index in [1.165, 1.54) is 6.33 Å². The van der Waals surface area contributed by atoms with Crippen LogP contribution in [0.5, 0.6) is 5.88 Å². The van der Waals surface area contributed by atoms with Gasteiger partial charge in [-0.05, 0) is 21.0 Å². The topological polar surface area (TPSA) is 38.3 Å². The Kier molecular flexibility index (Phi) is 4.10. The first-order chi connectivity index (χ1) is 6.61. The summed E-state index contributed by atoms with van der Waals surface area (Å²) in [7, 11) is 3.98. The number of halogens is 1. The molecule has 78 valence electrons. The molecule has 1 rings (SSSR count). The Labute approximate surface area is 88.9 Å². The van der Waals surface area contributed by atoms with E-state index in [-0.39, 0.29) is 0 Å². The van der Waals surface area contributed by atoms with Crippen LogP contribution >= 0.6 is 11.6 Å². The average Bonchev–Trinajstić information content (AvgIpc) is 2.12. The molecule has 0 aliphatic carbocycles. The van der Waals surface area contributed by atoms with Crippen LogP contribution in [0, 0.1) is 6.92 Å². The molecule has 0 radical (unpaired) electrons. The van der Waals surface area contributed by atoms with Gasteiger partial charge >= 0.3 is 0 Å². The van der Waals surface area contributed by atoms with Crippen molar-refractivity contribution in [2.45, 2.75) is 6.92 Å². The lowest BCUT2D eigenvalue weighted by molar-refractivity contribution is 0.252. The number of hydrogen-bond donors (Lipinski definition) is 0. The lowest BCUT2D eigenvalue weighted by atomic mass is 10.4. The maximum Gasteiger partial charge on any atom is 0.220 e. The van der Waals surface area contributed by atoms with Gasteiger partial charge in [-0.1, -0.05) is 11.6 Å². The number of likely N-dealkylation sites (N-methyl/N-ethyl adjacent to an activating group) is 1. The molecule has 1 aromatic rings. The molecule has 0 aliphatic rings. The third-order valence-corrected chi connectivity index (χ3v) is 2.13. The van der Waals surface area contributed by atoms with E-state index >= 15 is 0 Å². The van der Waals surface area contributed by atoms with Crippen LogP contribution in [-0.2, 0) is 0 Å². The van der Waals surface area contributed by atoms with Crippen molar-refractivity contribution in [1.29, 1.82) is 0 Å². The molecule has 14 heavy (non-hydrogen) atoms. The third kappa shape index (κ3) is 3.12. The minimum absolute atomic E-state index is 0.444. The minimum Gasteiger partial charge on any atom is -0.476 e. The van der Waals surface area contributed by atoms with Gasteiger partial charge in [0.25, 0.3) is 0 Å². The van der Waals surface area contributed by atoms with E-state index in [1.54, 1.807) is 0 Å². The molecule has 0 atom stereocenters. The molecule has 0 fully saturated rings. The SMILES string of the molecule is Cc1c(Cl)ncnc1OCCN(C)C. The van der Waals surface area contributed by atoms with Crippen LogP contribution in [0.1, 0.15) is 5.56 Å². The number of hydrogen-bond acceptors (Lipinski definition) is 4. The standard InChI is InChI=1S/C9H14ClN3O/c1-7-8(10)11-6-12-9(7)14-5-4-13(2)3/h6H,4-5H2,1-3H3. The normalized spacial score (nSPS) is 10.6. The summed E-state index contributed by atoms with van der Waals surface area (Å²) < 4.78 is 5.45. The smallest absolute Gasteiger partial charge is 0.220 e. The number of aromatic nitrogens is 2. The van der Waals surface area contributed by atoms with Crippen LogP contribution in [0.4, 0.5) is 0 Å². The zero-order valence-corrected chi connectivity index (χ0v) is 9.38. The van der Waals surface area contributed by atoms with Gasteiger partial charge in [0.2, 0.25) is 5.88 Å². The Morgan fingerprint density at radius 1 is 1.43 bits per heavy atom. The summed E-state index contributed by atoms with van der Waals surface area (Å²) in [6, 6.07) is 0. The van der Waals surface area contributed by atoms with Crippen molar-refractivity contribution in [3.8, 4) is 5.88 Å². The third-order valence-electron chi connectivity index (χ3n) is 1.75. The minimum atomic E-state index is 0.444. The van der Waals surface area contributed by atoms with Crippen molar-refractivity contribution in [2.75, 3.05) is 27.2 Å². The summed E-state index contributed by atoms with van der Waals surface area (Å²) in [6.07, 6.45) is 1.40. The van der Waals surface area contributed by atoms with Crippen molar-refractivity contribution >= 4 is 11.6 Å². The van der Waals surface area contributed by atoms with Gasteiger partial charge in [0.1, 0.15) is 18.1 Å². The van der Waals surface area contributed by atoms with Crippen LogP contribution in [0.2, 0.25) is 5.15 Å². The molecule has 0 saturated heterocycles. The van der Waals surface area contributed by atoms with E-state index in [4.69, 9.17) is 16.3 Å². The lowest BCUT2D eigenvalue weighted by Crippen LogP contribution is -2.20. The second-order valence-corrected chi connectivity index (χ2v) is 3.60. The van der Waals surface area contributed by atoms with Crippen LogP contribution < -0.4 is 4.74 Å². The summed E-state index contributed by atoms with van der Waals surface area (Å²) in [4.78, 5) is 9.89. The molecular formula is C9H14ClN3O. The van der Waals surface area contributed by atoms with Crippen LogP contribution in [0.25, 0.3) is 0 Å². The maximum absolute atomic E-state index is 5.81. The highest BCUT2D eigenvalue weighted by Gasteiger charge is 2.05. The zero-order chi connectivity index (χ0) is 10.6. The Morgan fingerprint density at radius 3 is 2.79 bits per heavy atom. The molecular weight excluding hydrogens is 202 g/mol. The van der Waals surface area contributed by atoms with E-state index < -0.39 is 0 Å². The highest BCUT2D eigenvalue weighted by atomic mass is 35.5. The van der Waals surface area contributed by atoms with Crippen molar-refractivity contribution in [3.05, 3.63) is 17.0 Å². The van der Waals surface area contributed by atoms with Gasteiger partial charge in [-0.15, -0.1) is 0 Å². The van der Waals surface area contributed by atoms with Gasteiger partial charge in [-0.25, -0.2) is 9.97 Å². The molecule has 0 aliphatic heterocycles. The van der Waals surface area contributed by atoms with E-state index in [9.17, 15) is 0 Å². The van der Waals surface area contributed by atoms with E-state index in [2.05, 4.69) is 9.97 Å². The average molecular weight is 216 g/mol. The first-order valence-corrected chi connectivity index (χ1v) is 4.73. The van der Waals surface area contributed by atoms with Crippen LogP contribution in [0.3, 0.4) is 0 Å². The van der Waals surface area contributed by atoms with Crippen molar-refractivity contribution in [1.82, 2.24) is 14.9 Å². The highest BCUT2D eigenvalue weighted by molar-refractivity contribution is 6.30. The van der Waals surface area contributed by atoms with Crippen molar-refractivity contribution < 1.29 is 4.74 Å². The van der Waals surface area contributed by atoms with Crippen LogP contribution in [0.15, 0.2) is 6.33 Å². The molecule has 0 saturated carbocycles. The molecule has 0 unspecified atom stereocenters. The number of nitrogens with zero attached hydrogens (tertiary/aromatic N) is 3. The van der Waals surface area contributed by atoms with Crippen LogP contribution in [-0.4, -0.2) is 42.1 Å². The lowest BCUT2D eigenvalue weighted by Gasteiger charge is -2.11. The first-order valence-electron chi connectivity index (χ1n) is 4.36. The van der Waals surface area contributed by atoms with Crippen molar-refractivity contribution in [2.24, 2.45) is 0 Å². The molecule has 0 amide bonds. The summed E-state index contributed by atoms with van der Waals surface area (Å²) in [5.41, 5.74) is 0.785. The van der Waals surface area contributed by atoms with E-state index in [1.807, 2.05) is 25.9 Å². The molecule has 0 N–H and O–H groups in total. The number of rotatable bonds is 4. The predicted molar refractivity (Wildman–Crippen MR) is 55.8 cm³/mol. The molecule has 1 aromatic heterocycles.